The van der Waals surface area contributed by atoms with Crippen LogP contribution < -0.4 is 4.74 Å². The lowest BCUT2D eigenvalue weighted by molar-refractivity contribution is -0.0771. The molecule has 0 radical (unpaired) electrons. The van der Waals surface area contributed by atoms with Crippen LogP contribution in [0.1, 0.15) is 51.5 Å². The first-order chi connectivity index (χ1) is 9.19. The Hall–Kier alpha value is -1.02. The third-order valence-corrected chi connectivity index (χ3v) is 3.91. The Morgan fingerprint density at radius 2 is 1.95 bits per heavy atom. The molecular weight excluding hydrogens is 236 g/mol. The van der Waals surface area contributed by atoms with Crippen LogP contribution in [0.25, 0.3) is 0 Å². The summed E-state index contributed by atoms with van der Waals surface area (Å²) in [7, 11) is 0. The van der Waals surface area contributed by atoms with Crippen molar-refractivity contribution in [1.82, 2.24) is 0 Å². The summed E-state index contributed by atoms with van der Waals surface area (Å²) in [6, 6.07) is 8.19. The molecule has 0 aromatic heterocycles. The van der Waals surface area contributed by atoms with Gasteiger partial charge in [0.25, 0.3) is 0 Å². The van der Waals surface area contributed by atoms with E-state index in [2.05, 4.69) is 32.9 Å². The highest BCUT2D eigenvalue weighted by Gasteiger charge is 2.32. The van der Waals surface area contributed by atoms with Crippen LogP contribution in [0.2, 0.25) is 0 Å². The monoisotopic (exact) mass is 262 g/mol. The van der Waals surface area contributed by atoms with E-state index in [9.17, 15) is 0 Å². The predicted molar refractivity (Wildman–Crippen MR) is 78.4 cm³/mol. The summed E-state index contributed by atoms with van der Waals surface area (Å²) in [6.45, 7) is 6.60. The van der Waals surface area contributed by atoms with Crippen molar-refractivity contribution in [2.24, 2.45) is 5.92 Å². The van der Waals surface area contributed by atoms with Gasteiger partial charge in [0.05, 0.1) is 6.10 Å². The maximum absolute atomic E-state index is 6.03. The topological polar surface area (TPSA) is 18.5 Å². The molecule has 2 nitrogen and oxygen atoms in total. The zero-order chi connectivity index (χ0) is 13.7. The van der Waals surface area contributed by atoms with Gasteiger partial charge in [-0.15, -0.1) is 0 Å². The fraction of sp³-hybridized carbons (Fsp3) is 0.647. The van der Waals surface area contributed by atoms with Crippen LogP contribution in [0.5, 0.6) is 5.75 Å². The third kappa shape index (κ3) is 4.24. The maximum Gasteiger partial charge on any atom is 0.200 e. The fourth-order valence-corrected chi connectivity index (χ4v) is 2.63. The van der Waals surface area contributed by atoms with E-state index in [4.69, 9.17) is 9.47 Å². The molecule has 1 aliphatic heterocycles. The van der Waals surface area contributed by atoms with Gasteiger partial charge in [0, 0.05) is 6.42 Å². The molecule has 1 saturated heterocycles. The van der Waals surface area contributed by atoms with Crippen molar-refractivity contribution in [1.29, 1.82) is 0 Å². The molecule has 1 aliphatic rings. The number of ether oxygens (including phenoxy) is 2. The van der Waals surface area contributed by atoms with E-state index < -0.39 is 0 Å². The van der Waals surface area contributed by atoms with Crippen LogP contribution in [0.4, 0.5) is 0 Å². The molecule has 0 aliphatic carbocycles. The molecule has 3 atom stereocenters. The highest BCUT2D eigenvalue weighted by atomic mass is 16.7. The number of aryl methyl sites for hydroxylation is 1. The van der Waals surface area contributed by atoms with Gasteiger partial charge in [0.2, 0.25) is 0 Å². The Bertz CT molecular complexity index is 371. The van der Waals surface area contributed by atoms with Crippen LogP contribution in [-0.4, -0.2) is 12.4 Å². The van der Waals surface area contributed by atoms with Crippen LogP contribution in [0.15, 0.2) is 24.3 Å². The first kappa shape index (κ1) is 14.4. The highest BCUT2D eigenvalue weighted by Crippen LogP contribution is 2.31. The minimum Gasteiger partial charge on any atom is -0.465 e. The summed E-state index contributed by atoms with van der Waals surface area (Å²) >= 11 is 0. The van der Waals surface area contributed by atoms with E-state index in [1.54, 1.807) is 0 Å². The molecule has 2 heteroatoms. The quantitative estimate of drug-likeness (QED) is 0.691. The van der Waals surface area contributed by atoms with Gasteiger partial charge in [-0.05, 0) is 31.4 Å². The molecule has 106 valence electrons. The maximum atomic E-state index is 6.03. The molecule has 0 bridgehead atoms. The second-order valence-electron chi connectivity index (χ2n) is 5.74. The van der Waals surface area contributed by atoms with Gasteiger partial charge in [-0.25, -0.2) is 0 Å². The summed E-state index contributed by atoms with van der Waals surface area (Å²) in [4.78, 5) is 0. The Kier molecular flexibility index (Phi) is 5.26. The third-order valence-electron chi connectivity index (χ3n) is 3.91. The predicted octanol–water partition coefficient (Wildman–Crippen LogP) is 4.71. The second-order valence-corrected chi connectivity index (χ2v) is 5.74. The largest absolute Gasteiger partial charge is 0.465 e. The van der Waals surface area contributed by atoms with Crippen molar-refractivity contribution < 1.29 is 9.47 Å². The van der Waals surface area contributed by atoms with E-state index in [1.807, 2.05) is 12.1 Å². The Labute approximate surface area is 117 Å². The van der Waals surface area contributed by atoms with Crippen molar-refractivity contribution in [3.63, 3.8) is 0 Å². The molecule has 0 N–H and O–H groups in total. The van der Waals surface area contributed by atoms with Crippen molar-refractivity contribution in [2.75, 3.05) is 0 Å². The smallest absolute Gasteiger partial charge is 0.200 e. The zero-order valence-electron chi connectivity index (χ0n) is 12.4. The van der Waals surface area contributed by atoms with Gasteiger partial charge in [-0.3, -0.25) is 0 Å². The lowest BCUT2D eigenvalue weighted by atomic mass is 9.99. The van der Waals surface area contributed by atoms with Gasteiger partial charge >= 0.3 is 0 Å². The van der Waals surface area contributed by atoms with Crippen molar-refractivity contribution in [2.45, 2.75) is 65.3 Å². The summed E-state index contributed by atoms with van der Waals surface area (Å²) in [5, 5.41) is 0. The first-order valence-corrected chi connectivity index (χ1v) is 7.58. The fourth-order valence-electron chi connectivity index (χ4n) is 2.63. The number of hydrogen-bond donors (Lipinski definition) is 0. The van der Waals surface area contributed by atoms with E-state index >= 15 is 0 Å². The number of rotatable bonds is 6. The molecule has 0 spiro atoms. The molecule has 1 heterocycles. The second kappa shape index (κ2) is 6.95. The van der Waals surface area contributed by atoms with Crippen molar-refractivity contribution >= 4 is 0 Å². The number of hydrogen-bond acceptors (Lipinski definition) is 2. The molecule has 2 rings (SSSR count). The van der Waals surface area contributed by atoms with Gasteiger partial charge in [-0.1, -0.05) is 50.8 Å². The Balaban J connectivity index is 1.81. The molecule has 0 saturated carbocycles. The van der Waals surface area contributed by atoms with Gasteiger partial charge in [-0.2, -0.15) is 0 Å². The van der Waals surface area contributed by atoms with E-state index in [0.717, 1.165) is 12.2 Å². The minimum absolute atomic E-state index is 0.0654. The van der Waals surface area contributed by atoms with Crippen LogP contribution >= 0.6 is 0 Å². The highest BCUT2D eigenvalue weighted by molar-refractivity contribution is 5.26. The van der Waals surface area contributed by atoms with Gasteiger partial charge in [0.1, 0.15) is 5.75 Å². The normalized spacial score (nSPS) is 26.6. The summed E-state index contributed by atoms with van der Waals surface area (Å²) in [5.41, 5.74) is 1.26. The van der Waals surface area contributed by atoms with E-state index in [0.29, 0.717) is 12.0 Å². The Morgan fingerprint density at radius 3 is 2.63 bits per heavy atom. The molecular formula is C17H26O2. The van der Waals surface area contributed by atoms with Gasteiger partial charge < -0.3 is 9.47 Å². The number of unbranched alkanes of at least 4 members (excludes halogenated alkanes) is 2. The molecule has 1 aromatic carbocycles. The molecule has 2 unspecified atom stereocenters. The van der Waals surface area contributed by atoms with Crippen molar-refractivity contribution in [3.8, 4) is 5.75 Å². The van der Waals surface area contributed by atoms with Crippen LogP contribution in [0, 0.1) is 12.8 Å². The van der Waals surface area contributed by atoms with E-state index in [1.165, 1.54) is 31.2 Å². The first-order valence-electron chi connectivity index (χ1n) is 7.58. The zero-order valence-corrected chi connectivity index (χ0v) is 12.4. The standard InChI is InChI=1S/C17H26O2/c1-4-5-6-7-16-14(3)12-17(19-16)18-15-10-8-13(2)9-11-15/h8-11,14,16-17H,4-7,12H2,1-3H3/t14-,16?,17?/m1/s1. The van der Waals surface area contributed by atoms with Crippen LogP contribution in [0.3, 0.4) is 0 Å². The van der Waals surface area contributed by atoms with Crippen molar-refractivity contribution in [3.05, 3.63) is 29.8 Å². The molecule has 1 aromatic rings. The lowest BCUT2D eigenvalue weighted by Crippen LogP contribution is -2.17. The average molecular weight is 262 g/mol. The SMILES string of the molecule is CCCCCC1OC(Oc2ccc(C)cc2)C[C@H]1C. The Morgan fingerprint density at radius 1 is 1.21 bits per heavy atom. The summed E-state index contributed by atoms with van der Waals surface area (Å²) in [5.74, 6) is 1.52. The summed E-state index contributed by atoms with van der Waals surface area (Å²) < 4.78 is 11.9. The molecule has 1 fully saturated rings. The minimum atomic E-state index is -0.0654. The molecule has 19 heavy (non-hydrogen) atoms. The lowest BCUT2D eigenvalue weighted by Gasteiger charge is -2.16. The average Bonchev–Trinajstić information content (AvgIpc) is 2.73. The summed E-state index contributed by atoms with van der Waals surface area (Å²) in [6.07, 6.45) is 6.32. The van der Waals surface area contributed by atoms with Crippen LogP contribution in [-0.2, 0) is 4.74 Å². The molecule has 0 amide bonds. The number of benzene rings is 1. The van der Waals surface area contributed by atoms with E-state index in [-0.39, 0.29) is 6.29 Å². The van der Waals surface area contributed by atoms with Gasteiger partial charge in [0.15, 0.2) is 6.29 Å².